The van der Waals surface area contributed by atoms with E-state index in [9.17, 15) is 4.79 Å². The quantitative estimate of drug-likeness (QED) is 0.725. The number of hydrogen-bond donors (Lipinski definition) is 1. The van der Waals surface area contributed by atoms with Gasteiger partial charge in [-0.15, -0.1) is 6.58 Å². The van der Waals surface area contributed by atoms with Crippen molar-refractivity contribution in [3.8, 4) is 0 Å². The maximum absolute atomic E-state index is 12.7. The number of carbonyl (C=O) groups is 1. The van der Waals surface area contributed by atoms with Gasteiger partial charge in [-0.3, -0.25) is 4.79 Å². The second kappa shape index (κ2) is 6.20. The minimum atomic E-state index is -0.420. The molecule has 2 N–H and O–H groups in total. The van der Waals surface area contributed by atoms with E-state index in [-0.39, 0.29) is 11.4 Å². The smallest absolute Gasteiger partial charge is 0.230 e. The summed E-state index contributed by atoms with van der Waals surface area (Å²) in [6, 6.07) is 0. The molecule has 0 saturated carbocycles. The molecule has 0 unspecified atom stereocenters. The number of nitrogens with two attached hydrogens (primary N) is 1. The van der Waals surface area contributed by atoms with Crippen LogP contribution in [0.5, 0.6) is 0 Å². The molecule has 0 aromatic heterocycles. The summed E-state index contributed by atoms with van der Waals surface area (Å²) in [5.41, 5.74) is 5.21. The molecule has 1 amide bonds. The number of hydrogen-bond acceptors (Lipinski definition) is 2. The van der Waals surface area contributed by atoms with Crippen molar-refractivity contribution >= 4 is 5.91 Å². The Morgan fingerprint density at radius 2 is 1.76 bits per heavy atom. The lowest BCUT2D eigenvalue weighted by atomic mass is 9.80. The summed E-state index contributed by atoms with van der Waals surface area (Å²) in [4.78, 5) is 14.6. The molecule has 0 aliphatic carbocycles. The van der Waals surface area contributed by atoms with Gasteiger partial charge in [-0.25, -0.2) is 0 Å². The first-order valence-electron chi connectivity index (χ1n) is 6.42. The number of rotatable bonds is 6. The molecule has 0 rings (SSSR count). The van der Waals surface area contributed by atoms with E-state index < -0.39 is 5.41 Å². The predicted octanol–water partition coefficient (Wildman–Crippen LogP) is 2.56. The largest absolute Gasteiger partial charge is 0.334 e. The van der Waals surface area contributed by atoms with Gasteiger partial charge >= 0.3 is 0 Å². The fraction of sp³-hybridized carbons (Fsp3) is 0.786. The van der Waals surface area contributed by atoms with Crippen molar-refractivity contribution in [3.63, 3.8) is 0 Å². The highest BCUT2D eigenvalue weighted by atomic mass is 16.2. The molecule has 100 valence electrons. The Labute approximate surface area is 106 Å². The van der Waals surface area contributed by atoms with Crippen molar-refractivity contribution in [3.05, 3.63) is 12.7 Å². The highest BCUT2D eigenvalue weighted by Gasteiger charge is 2.39. The van der Waals surface area contributed by atoms with Crippen LogP contribution < -0.4 is 5.73 Å². The Morgan fingerprint density at radius 3 is 2.00 bits per heavy atom. The average molecular weight is 240 g/mol. The van der Waals surface area contributed by atoms with Crippen LogP contribution >= 0.6 is 0 Å². The highest BCUT2D eigenvalue weighted by molar-refractivity contribution is 5.83. The van der Waals surface area contributed by atoms with Crippen LogP contribution in [0.3, 0.4) is 0 Å². The van der Waals surface area contributed by atoms with E-state index in [1.807, 2.05) is 39.5 Å². The minimum Gasteiger partial charge on any atom is -0.334 e. The summed E-state index contributed by atoms with van der Waals surface area (Å²) < 4.78 is 0. The van der Waals surface area contributed by atoms with Crippen LogP contribution in [-0.2, 0) is 4.79 Å². The lowest BCUT2D eigenvalue weighted by Crippen LogP contribution is -2.54. The fourth-order valence-corrected chi connectivity index (χ4v) is 2.01. The Bertz CT molecular complexity index is 254. The zero-order valence-electron chi connectivity index (χ0n) is 12.0. The minimum absolute atomic E-state index is 0.150. The van der Waals surface area contributed by atoms with E-state index in [4.69, 9.17) is 5.73 Å². The lowest BCUT2D eigenvalue weighted by Gasteiger charge is -2.42. The van der Waals surface area contributed by atoms with Gasteiger partial charge in [0.1, 0.15) is 0 Å². The number of nitrogens with zero attached hydrogens (tertiary/aromatic N) is 1. The predicted molar refractivity (Wildman–Crippen MR) is 73.7 cm³/mol. The van der Waals surface area contributed by atoms with Gasteiger partial charge in [-0.1, -0.05) is 19.9 Å². The second-order valence-corrected chi connectivity index (χ2v) is 5.57. The van der Waals surface area contributed by atoms with Crippen LogP contribution in [0.25, 0.3) is 0 Å². The Kier molecular flexibility index (Phi) is 5.89. The first-order chi connectivity index (χ1) is 7.79. The van der Waals surface area contributed by atoms with Gasteiger partial charge in [0.15, 0.2) is 0 Å². The summed E-state index contributed by atoms with van der Waals surface area (Å²) in [6.45, 7) is 14.9. The zero-order valence-corrected chi connectivity index (χ0v) is 12.0. The van der Waals surface area contributed by atoms with Crippen molar-refractivity contribution in [1.82, 2.24) is 4.90 Å². The average Bonchev–Trinajstić information content (AvgIpc) is 2.27. The molecule has 3 nitrogen and oxygen atoms in total. The van der Waals surface area contributed by atoms with Crippen LogP contribution in [0.2, 0.25) is 0 Å². The van der Waals surface area contributed by atoms with Crippen molar-refractivity contribution in [1.29, 1.82) is 0 Å². The molecule has 0 heterocycles. The molecule has 0 aromatic carbocycles. The lowest BCUT2D eigenvalue weighted by molar-refractivity contribution is -0.146. The second-order valence-electron chi connectivity index (χ2n) is 5.57. The fourth-order valence-electron chi connectivity index (χ4n) is 2.01. The zero-order chi connectivity index (χ0) is 13.7. The summed E-state index contributed by atoms with van der Waals surface area (Å²) in [6.07, 6.45) is 3.33. The highest BCUT2D eigenvalue weighted by Crippen LogP contribution is 2.30. The van der Waals surface area contributed by atoms with Gasteiger partial charge in [0.2, 0.25) is 5.91 Å². The van der Waals surface area contributed by atoms with Crippen LogP contribution in [0.4, 0.5) is 0 Å². The van der Waals surface area contributed by atoms with Crippen molar-refractivity contribution in [2.24, 2.45) is 11.1 Å². The SMILES string of the molecule is C=CCN(C(=O)C(CC)(CC)CN)C(C)(C)C. The van der Waals surface area contributed by atoms with Crippen LogP contribution in [0.15, 0.2) is 12.7 Å². The molecule has 0 fully saturated rings. The maximum atomic E-state index is 12.7. The first kappa shape index (κ1) is 16.2. The summed E-state index contributed by atoms with van der Waals surface area (Å²) in [5, 5.41) is 0. The Hall–Kier alpha value is -0.830. The number of carbonyl (C=O) groups excluding carboxylic acids is 1. The van der Waals surface area contributed by atoms with Crippen LogP contribution in [-0.4, -0.2) is 29.4 Å². The Morgan fingerprint density at radius 1 is 1.29 bits per heavy atom. The van der Waals surface area contributed by atoms with Crippen LogP contribution in [0, 0.1) is 5.41 Å². The molecule has 0 saturated heterocycles. The molecule has 0 radical (unpaired) electrons. The van der Waals surface area contributed by atoms with E-state index in [0.29, 0.717) is 13.1 Å². The molecule has 0 spiro atoms. The molecule has 0 bridgehead atoms. The normalized spacial score (nSPS) is 12.4. The first-order valence-corrected chi connectivity index (χ1v) is 6.42. The monoisotopic (exact) mass is 240 g/mol. The molecule has 0 atom stereocenters. The standard InChI is InChI=1S/C14H28N2O/c1-7-10-16(13(4,5)6)12(17)14(8-2,9-3)11-15/h7H,1,8-11,15H2,2-6H3. The van der Waals surface area contributed by atoms with Crippen molar-refractivity contribution in [2.45, 2.75) is 53.0 Å². The molecule has 3 heteroatoms. The van der Waals surface area contributed by atoms with E-state index in [1.165, 1.54) is 0 Å². The Balaban J connectivity index is 5.25. The van der Waals surface area contributed by atoms with E-state index >= 15 is 0 Å². The maximum Gasteiger partial charge on any atom is 0.230 e. The third kappa shape index (κ3) is 3.56. The summed E-state index contributed by atoms with van der Waals surface area (Å²) in [7, 11) is 0. The third-order valence-corrected chi connectivity index (χ3v) is 3.56. The van der Waals surface area contributed by atoms with Gasteiger partial charge in [-0.2, -0.15) is 0 Å². The third-order valence-electron chi connectivity index (χ3n) is 3.56. The molecule has 0 aliphatic heterocycles. The molecular weight excluding hydrogens is 212 g/mol. The molecular formula is C14H28N2O. The van der Waals surface area contributed by atoms with E-state index in [2.05, 4.69) is 6.58 Å². The molecule has 17 heavy (non-hydrogen) atoms. The van der Waals surface area contributed by atoms with Gasteiger partial charge < -0.3 is 10.6 Å². The molecule has 0 aromatic rings. The summed E-state index contributed by atoms with van der Waals surface area (Å²) >= 11 is 0. The van der Waals surface area contributed by atoms with Gasteiger partial charge in [0.25, 0.3) is 0 Å². The van der Waals surface area contributed by atoms with Crippen LogP contribution in [0.1, 0.15) is 47.5 Å². The molecule has 0 aliphatic rings. The van der Waals surface area contributed by atoms with E-state index in [1.54, 1.807) is 6.08 Å². The van der Waals surface area contributed by atoms with Crippen molar-refractivity contribution in [2.75, 3.05) is 13.1 Å². The number of amides is 1. The topological polar surface area (TPSA) is 46.3 Å². The van der Waals surface area contributed by atoms with Gasteiger partial charge in [0.05, 0.1) is 5.41 Å². The van der Waals surface area contributed by atoms with E-state index in [0.717, 1.165) is 12.8 Å². The van der Waals surface area contributed by atoms with Gasteiger partial charge in [0, 0.05) is 18.6 Å². The van der Waals surface area contributed by atoms with Crippen molar-refractivity contribution < 1.29 is 4.79 Å². The summed E-state index contributed by atoms with van der Waals surface area (Å²) in [5.74, 6) is 0.150. The van der Waals surface area contributed by atoms with Gasteiger partial charge in [-0.05, 0) is 33.6 Å².